The largest absolute Gasteiger partial charge is 0.501 e. The molecule has 0 radical (unpaired) electrons. The summed E-state index contributed by atoms with van der Waals surface area (Å²) in [5, 5.41) is 7.42. The van der Waals surface area contributed by atoms with Gasteiger partial charge in [0.1, 0.15) is 6.29 Å². The lowest BCUT2D eigenvalue weighted by Crippen LogP contribution is -2.21. The Kier molecular flexibility index (Phi) is 97.4. The molecule has 0 rings (SSSR count). The molecule has 0 bridgehead atoms. The van der Waals surface area contributed by atoms with Crippen LogP contribution in [0.3, 0.4) is 0 Å². The highest BCUT2D eigenvalue weighted by Gasteiger charge is 2.16. The molecule has 0 aromatic heterocycles. The number of ketones is 1. The first-order valence-corrected chi connectivity index (χ1v) is 45.1. The fourth-order valence-electron chi connectivity index (χ4n) is 6.14. The van der Waals surface area contributed by atoms with Gasteiger partial charge in [-0.1, -0.05) is 150 Å². The molecule has 21 nitrogen and oxygen atoms in total. The number of alkyl halides is 2. The Morgan fingerprint density at radius 1 is 0.417 bits per heavy atom. The summed E-state index contributed by atoms with van der Waals surface area (Å²) in [7, 11) is 0.408. The molecule has 1 N–H and O–H groups in total. The van der Waals surface area contributed by atoms with Crippen LogP contribution in [0, 0.1) is 11.8 Å². The summed E-state index contributed by atoms with van der Waals surface area (Å²) in [6.07, 6.45) is 35.4. The smallest absolute Gasteiger partial charge is 0.300 e. The molecule has 0 fully saturated rings. The predicted molar refractivity (Wildman–Crippen MR) is 442 cm³/mol. The van der Waals surface area contributed by atoms with E-state index < -0.39 is 50.1 Å². The van der Waals surface area contributed by atoms with Crippen molar-refractivity contribution in [3.8, 4) is 0 Å². The van der Waals surface area contributed by atoms with Crippen LogP contribution in [0.4, 0.5) is 0 Å². The zero-order valence-corrected chi connectivity index (χ0v) is 73.9. The summed E-state index contributed by atoms with van der Waals surface area (Å²) < 4.78 is 112. The van der Waals surface area contributed by atoms with Crippen molar-refractivity contribution in [2.75, 3.05) is 159 Å². The summed E-state index contributed by atoms with van der Waals surface area (Å²) in [6, 6.07) is 0. The third kappa shape index (κ3) is 98.9. The zero-order chi connectivity index (χ0) is 81.2. The molecule has 0 aliphatic rings. The first-order chi connectivity index (χ1) is 47.6. The highest BCUT2D eigenvalue weighted by Crippen LogP contribution is 2.45. The lowest BCUT2D eigenvalue weighted by atomic mass is 10.1. The average molecular weight is 1610 g/mol. The van der Waals surface area contributed by atoms with Crippen molar-refractivity contribution in [2.45, 2.75) is 151 Å². The number of rotatable bonds is 41. The number of carbonyl (C=O) groups is 3. The van der Waals surface area contributed by atoms with E-state index in [2.05, 4.69) is 63.2 Å². The van der Waals surface area contributed by atoms with Crippen LogP contribution in [0.25, 0.3) is 0 Å². The van der Waals surface area contributed by atoms with Crippen LogP contribution in [0.15, 0.2) is 143 Å². The summed E-state index contributed by atoms with van der Waals surface area (Å²) >= 11 is 10.5. The average Bonchev–Trinajstić information content (AvgIpc) is 0.950. The molecule has 0 spiro atoms. The van der Waals surface area contributed by atoms with E-state index in [1.54, 1.807) is 106 Å². The maximum atomic E-state index is 11.7. The van der Waals surface area contributed by atoms with Gasteiger partial charge in [-0.3, -0.25) is 32.6 Å². The van der Waals surface area contributed by atoms with Crippen molar-refractivity contribution < 1.29 is 98.1 Å². The van der Waals surface area contributed by atoms with Crippen LogP contribution in [0.1, 0.15) is 132 Å². The molecular formula is C75H143Cl2O21P5. The Morgan fingerprint density at radius 3 is 0.845 bits per heavy atom. The van der Waals surface area contributed by atoms with Crippen molar-refractivity contribution >= 4 is 79.1 Å². The van der Waals surface area contributed by atoms with Crippen LogP contribution >= 0.6 is 61.1 Å². The lowest BCUT2D eigenvalue weighted by molar-refractivity contribution is -0.154. The standard InChI is InChI=1S/2C14H24O2.2C10H22O4P2.C10H14O2.C5H10O3.C5H13O2P.C4H6Cl2.C2H4O2.CH4/c2*1-11(2)12(3)9-7-8-10-13(4)14(15-5)16-6;2*1-5-13-15(3,11)9-7-8-10-16(4,12)14-6-2;1-9(8-11)6-4-5-7-10(2)12-3;1-4(6)5(7-2)8-3;1-4-6-8(3)7-5-2;5-3-1-2-4-6;1-2(3)4;/h2*7-11,14H,1-6H3;2*7-8H,5-6,9-10H2,1-4H3;4-8H,1-3H3;5H,1-3H3;4-5H2,1-3H3;1-2H,3-4H2;1H3,(H,3,4);1H4/b8-7+,12-9?,13-10+;8-7+,12-9+,13-10+;2*8-7+;5-4+,9-6+,10-7+;;;2-1+;;. The maximum absolute atomic E-state index is 11.7. The van der Waals surface area contributed by atoms with Crippen LogP contribution in [0.2, 0.25) is 0 Å². The van der Waals surface area contributed by atoms with Crippen LogP contribution in [-0.4, -0.2) is 201 Å². The summed E-state index contributed by atoms with van der Waals surface area (Å²) in [5.74, 6) is 2.21. The minimum absolute atomic E-state index is 0. The van der Waals surface area contributed by atoms with Gasteiger partial charge in [-0.2, -0.15) is 0 Å². The summed E-state index contributed by atoms with van der Waals surface area (Å²) in [4.78, 5) is 29.5. The Morgan fingerprint density at radius 2 is 0.660 bits per heavy atom. The van der Waals surface area contributed by atoms with Gasteiger partial charge in [-0.05, 0) is 125 Å². The number of allylic oxidation sites excluding steroid dienone is 22. The van der Waals surface area contributed by atoms with E-state index >= 15 is 0 Å². The number of aliphatic carboxylic acids is 1. The quantitative estimate of drug-likeness (QED) is 0.00871. The first-order valence-electron chi connectivity index (χ1n) is 33.4. The molecule has 0 saturated carbocycles. The number of Topliss-reactive ketones (excluding diaryl/α,β-unsaturated/α-hetero) is 1. The molecule has 4 atom stereocenters. The molecule has 608 valence electrons. The summed E-state index contributed by atoms with van der Waals surface area (Å²) in [6.45, 7) is 46.0. The fourth-order valence-corrected chi connectivity index (χ4v) is 11.9. The van der Waals surface area contributed by atoms with E-state index in [0.717, 1.165) is 43.3 Å². The number of hydrogen-bond acceptors (Lipinski definition) is 20. The minimum atomic E-state index is -2.51. The second-order valence-corrected chi connectivity index (χ2v) is 34.7. The van der Waals surface area contributed by atoms with Gasteiger partial charge in [-0.15, -0.1) is 23.2 Å². The summed E-state index contributed by atoms with van der Waals surface area (Å²) in [5.41, 5.74) is 5.55. The van der Waals surface area contributed by atoms with E-state index in [-0.39, 0.29) is 25.8 Å². The Hall–Kier alpha value is -3.06. The van der Waals surface area contributed by atoms with Gasteiger partial charge in [0.25, 0.3) is 5.97 Å². The minimum Gasteiger partial charge on any atom is -0.501 e. The molecule has 0 aromatic rings. The van der Waals surface area contributed by atoms with E-state index in [1.807, 2.05) is 130 Å². The Bertz CT molecular complexity index is 2440. The first kappa shape index (κ1) is 121. The van der Waals surface area contributed by atoms with Crippen molar-refractivity contribution in [3.05, 3.63) is 143 Å². The monoisotopic (exact) mass is 1600 g/mol. The number of carbonyl (C=O) groups excluding carboxylic acids is 2. The molecule has 0 amide bonds. The highest BCUT2D eigenvalue weighted by atomic mass is 35.5. The van der Waals surface area contributed by atoms with Gasteiger partial charge in [-0.25, -0.2) is 0 Å². The highest BCUT2D eigenvalue weighted by molar-refractivity contribution is 7.59. The van der Waals surface area contributed by atoms with Gasteiger partial charge in [0.2, 0.25) is 35.8 Å². The zero-order valence-electron chi connectivity index (χ0n) is 67.9. The molecule has 0 saturated heterocycles. The molecular weight excluding hydrogens is 1460 g/mol. The number of carboxylic acid groups (broad SMARTS) is 1. The van der Waals surface area contributed by atoms with Gasteiger partial charge in [0.15, 0.2) is 26.7 Å². The second-order valence-electron chi connectivity index (χ2n) is 22.1. The van der Waals surface area contributed by atoms with Crippen molar-refractivity contribution in [3.63, 3.8) is 0 Å². The van der Waals surface area contributed by atoms with Crippen molar-refractivity contribution in [2.24, 2.45) is 11.8 Å². The normalized spacial score (nSPS) is 14.6. The van der Waals surface area contributed by atoms with Crippen molar-refractivity contribution in [1.82, 2.24) is 0 Å². The molecule has 0 heterocycles. The van der Waals surface area contributed by atoms with E-state index in [0.29, 0.717) is 80.2 Å². The topological polar surface area (TPSA) is 260 Å². The number of methoxy groups -OCH3 is 7. The molecule has 0 aliphatic heterocycles. The van der Waals surface area contributed by atoms with Gasteiger partial charge in [0, 0.05) is 119 Å². The number of halogens is 2. The molecule has 0 aromatic carbocycles. The van der Waals surface area contributed by atoms with E-state index in [9.17, 15) is 27.8 Å². The van der Waals surface area contributed by atoms with E-state index in [1.165, 1.54) is 32.3 Å². The van der Waals surface area contributed by atoms with Crippen LogP contribution < -0.4 is 0 Å². The fraction of sp³-hybridized carbons (Fsp3) is 0.640. The van der Waals surface area contributed by atoms with Gasteiger partial charge < -0.3 is 65.4 Å². The second kappa shape index (κ2) is 83.0. The SMILES string of the molecule is C.CC(=O)O.CCOP(C)(=O)C/C=C/CP(C)(=O)OCC.CCOP(C)(=O)C/C=C/CP(C)(=O)OCC.CCOP(C)OCC.CO/C(C)=C/C=C/C=C(\C)C=O.COC(OC)/C(C)=C/C=C/C=C(C)C(C)C.COC(OC)/C(C)=C/C=C/C=C(\C)C(C)C.COC(OC)C(C)=O.ClC/C=C/CCl. The number of hydrogen-bond donors (Lipinski definition) is 1. The molecule has 103 heavy (non-hydrogen) atoms. The van der Waals surface area contributed by atoms with E-state index in [4.69, 9.17) is 83.9 Å². The maximum Gasteiger partial charge on any atom is 0.300 e. The Balaban J connectivity index is -0.000000121. The third-order valence-electron chi connectivity index (χ3n) is 11.8. The number of aldehydes is 1. The molecule has 4 unspecified atom stereocenters. The van der Waals surface area contributed by atoms with Gasteiger partial charge >= 0.3 is 0 Å². The molecule has 0 aliphatic carbocycles. The Labute approximate surface area is 638 Å². The number of carboxylic acids is 1. The van der Waals surface area contributed by atoms with Crippen LogP contribution in [-0.2, 0) is 92.9 Å². The van der Waals surface area contributed by atoms with Crippen LogP contribution in [0.5, 0.6) is 0 Å². The van der Waals surface area contributed by atoms with Crippen molar-refractivity contribution in [1.29, 1.82) is 0 Å². The molecule has 28 heteroatoms. The third-order valence-corrected chi connectivity index (χ3v) is 20.1. The van der Waals surface area contributed by atoms with Gasteiger partial charge in [0.05, 0.1) is 52.5 Å². The lowest BCUT2D eigenvalue weighted by Gasteiger charge is -2.12. The number of ether oxygens (including phenoxy) is 7. The predicted octanol–water partition coefficient (Wildman–Crippen LogP) is 21.5.